The van der Waals surface area contributed by atoms with Gasteiger partial charge in [-0.1, -0.05) is 48.0 Å². The maximum absolute atomic E-state index is 13.2. The molecule has 0 spiro atoms. The standard InChI is InChI=1S/C17H15F3N2O2/c1-11-7-9-13(10-8-11)21-15(23)16(24)22-14(17(18,19)20)12-5-3-2-4-6-12/h2-10,14H,1H3,(H,21,23)(H,22,24)/t14-/m1/s1. The van der Waals surface area contributed by atoms with E-state index in [1.165, 1.54) is 24.3 Å². The molecule has 24 heavy (non-hydrogen) atoms. The molecule has 2 aromatic carbocycles. The molecule has 0 aliphatic carbocycles. The van der Waals surface area contributed by atoms with Gasteiger partial charge in [-0.2, -0.15) is 13.2 Å². The van der Waals surface area contributed by atoms with Crippen LogP contribution < -0.4 is 10.6 Å². The molecule has 2 rings (SSSR count). The van der Waals surface area contributed by atoms with Gasteiger partial charge in [-0.3, -0.25) is 9.59 Å². The molecule has 0 fully saturated rings. The SMILES string of the molecule is Cc1ccc(NC(=O)C(=O)N[C@H](c2ccccc2)C(F)(F)F)cc1. The maximum Gasteiger partial charge on any atom is 0.412 e. The van der Waals surface area contributed by atoms with Crippen LogP contribution in [0.1, 0.15) is 17.2 Å². The number of hydrogen-bond acceptors (Lipinski definition) is 2. The molecule has 0 bridgehead atoms. The molecule has 0 aromatic heterocycles. The molecule has 4 nitrogen and oxygen atoms in total. The van der Waals surface area contributed by atoms with Crippen molar-refractivity contribution in [2.75, 3.05) is 5.32 Å². The minimum absolute atomic E-state index is 0.151. The molecule has 2 aromatic rings. The number of hydrogen-bond donors (Lipinski definition) is 2. The van der Waals surface area contributed by atoms with E-state index in [4.69, 9.17) is 0 Å². The van der Waals surface area contributed by atoms with Crippen molar-refractivity contribution in [2.45, 2.75) is 19.1 Å². The van der Waals surface area contributed by atoms with Gasteiger partial charge >= 0.3 is 18.0 Å². The molecule has 126 valence electrons. The van der Waals surface area contributed by atoms with E-state index in [-0.39, 0.29) is 5.56 Å². The third-order valence-electron chi connectivity index (χ3n) is 3.25. The minimum Gasteiger partial charge on any atom is -0.332 e. The summed E-state index contributed by atoms with van der Waals surface area (Å²) in [7, 11) is 0. The van der Waals surface area contributed by atoms with Crippen LogP contribution in [0.4, 0.5) is 18.9 Å². The van der Waals surface area contributed by atoms with Gasteiger partial charge in [0, 0.05) is 5.69 Å². The smallest absolute Gasteiger partial charge is 0.332 e. The second-order valence-electron chi connectivity index (χ2n) is 5.18. The van der Waals surface area contributed by atoms with Crippen molar-refractivity contribution in [3.8, 4) is 0 Å². The highest BCUT2D eigenvalue weighted by atomic mass is 19.4. The van der Waals surface area contributed by atoms with Crippen molar-refractivity contribution >= 4 is 17.5 Å². The molecule has 0 aliphatic rings. The number of nitrogens with one attached hydrogen (secondary N) is 2. The lowest BCUT2D eigenvalue weighted by Crippen LogP contribution is -2.43. The third kappa shape index (κ3) is 4.58. The fraction of sp³-hybridized carbons (Fsp3) is 0.176. The van der Waals surface area contributed by atoms with Crippen LogP contribution >= 0.6 is 0 Å². The molecule has 1 atom stereocenters. The number of rotatable bonds is 3. The van der Waals surface area contributed by atoms with Crippen LogP contribution in [-0.4, -0.2) is 18.0 Å². The largest absolute Gasteiger partial charge is 0.412 e. The predicted octanol–water partition coefficient (Wildman–Crippen LogP) is 3.35. The summed E-state index contributed by atoms with van der Waals surface area (Å²) in [5, 5.41) is 3.99. The van der Waals surface area contributed by atoms with Crippen molar-refractivity contribution in [3.63, 3.8) is 0 Å². The summed E-state index contributed by atoms with van der Waals surface area (Å²) in [5.41, 5.74) is 1.11. The second-order valence-corrected chi connectivity index (χ2v) is 5.18. The van der Waals surface area contributed by atoms with Crippen LogP contribution in [0, 0.1) is 6.92 Å². The molecule has 0 saturated heterocycles. The monoisotopic (exact) mass is 336 g/mol. The molecule has 0 unspecified atom stereocenters. The van der Waals surface area contributed by atoms with E-state index >= 15 is 0 Å². The number of amides is 2. The van der Waals surface area contributed by atoms with E-state index in [0.717, 1.165) is 5.56 Å². The van der Waals surface area contributed by atoms with Crippen LogP contribution in [0.2, 0.25) is 0 Å². The van der Waals surface area contributed by atoms with E-state index in [9.17, 15) is 22.8 Å². The maximum atomic E-state index is 13.2. The van der Waals surface area contributed by atoms with E-state index in [1.807, 2.05) is 6.92 Å². The summed E-state index contributed by atoms with van der Waals surface area (Å²) in [6.45, 7) is 1.84. The van der Waals surface area contributed by atoms with Crippen molar-refractivity contribution in [1.29, 1.82) is 0 Å². The summed E-state index contributed by atoms with van der Waals surface area (Å²) >= 11 is 0. The summed E-state index contributed by atoms with van der Waals surface area (Å²) in [6.07, 6.45) is -4.72. The van der Waals surface area contributed by atoms with Crippen molar-refractivity contribution in [2.24, 2.45) is 0 Å². The molecule has 0 aliphatic heterocycles. The average molecular weight is 336 g/mol. The molecule has 2 N–H and O–H groups in total. The molecule has 2 amide bonds. The van der Waals surface area contributed by atoms with Gasteiger partial charge in [-0.15, -0.1) is 0 Å². The zero-order chi connectivity index (χ0) is 17.7. The zero-order valence-corrected chi connectivity index (χ0v) is 12.7. The normalized spacial score (nSPS) is 12.3. The van der Waals surface area contributed by atoms with Gasteiger partial charge in [0.1, 0.15) is 0 Å². The Labute approximate surface area is 136 Å². The van der Waals surface area contributed by atoms with Gasteiger partial charge in [0.05, 0.1) is 0 Å². The van der Waals surface area contributed by atoms with Crippen molar-refractivity contribution in [3.05, 3.63) is 65.7 Å². The van der Waals surface area contributed by atoms with Crippen LogP contribution in [0.3, 0.4) is 0 Å². The Morgan fingerprint density at radius 2 is 1.50 bits per heavy atom. The van der Waals surface area contributed by atoms with Gasteiger partial charge in [-0.05, 0) is 24.6 Å². The predicted molar refractivity (Wildman–Crippen MR) is 83.2 cm³/mol. The average Bonchev–Trinajstić information content (AvgIpc) is 2.54. The summed E-state index contributed by atoms with van der Waals surface area (Å²) < 4.78 is 39.5. The van der Waals surface area contributed by atoms with Crippen LogP contribution in [0.5, 0.6) is 0 Å². The lowest BCUT2D eigenvalue weighted by atomic mass is 10.1. The van der Waals surface area contributed by atoms with Crippen LogP contribution in [-0.2, 0) is 9.59 Å². The van der Waals surface area contributed by atoms with E-state index in [2.05, 4.69) is 5.32 Å². The number of benzene rings is 2. The van der Waals surface area contributed by atoms with E-state index in [0.29, 0.717) is 5.69 Å². The Morgan fingerprint density at radius 3 is 2.04 bits per heavy atom. The summed E-state index contributed by atoms with van der Waals surface area (Å²) in [5.74, 6) is -2.52. The highest BCUT2D eigenvalue weighted by Gasteiger charge is 2.42. The van der Waals surface area contributed by atoms with Gasteiger partial charge < -0.3 is 10.6 Å². The Kier molecular flexibility index (Phi) is 5.23. The number of carbonyl (C=O) groups excluding carboxylic acids is 2. The number of halogens is 3. The molecule has 0 radical (unpaired) electrons. The first kappa shape index (κ1) is 17.5. The fourth-order valence-corrected chi connectivity index (χ4v) is 2.02. The minimum atomic E-state index is -4.72. The Morgan fingerprint density at radius 1 is 0.917 bits per heavy atom. The van der Waals surface area contributed by atoms with E-state index in [1.54, 1.807) is 35.6 Å². The van der Waals surface area contributed by atoms with E-state index < -0.39 is 24.0 Å². The lowest BCUT2D eigenvalue weighted by Gasteiger charge is -2.21. The number of alkyl halides is 3. The molecule has 0 saturated carbocycles. The zero-order valence-electron chi connectivity index (χ0n) is 12.7. The summed E-state index contributed by atoms with van der Waals surface area (Å²) in [4.78, 5) is 23.6. The highest BCUT2D eigenvalue weighted by molar-refractivity contribution is 6.39. The van der Waals surface area contributed by atoms with Crippen LogP contribution in [0.25, 0.3) is 0 Å². The lowest BCUT2D eigenvalue weighted by molar-refractivity contribution is -0.164. The molecule has 7 heteroatoms. The van der Waals surface area contributed by atoms with Crippen molar-refractivity contribution in [1.82, 2.24) is 5.32 Å². The van der Waals surface area contributed by atoms with Gasteiger partial charge in [-0.25, -0.2) is 0 Å². The summed E-state index contributed by atoms with van der Waals surface area (Å²) in [6, 6.07) is 11.1. The topological polar surface area (TPSA) is 58.2 Å². The Hall–Kier alpha value is -2.83. The first-order valence-corrected chi connectivity index (χ1v) is 7.07. The fourth-order valence-electron chi connectivity index (χ4n) is 2.02. The second kappa shape index (κ2) is 7.16. The molecule has 0 heterocycles. The van der Waals surface area contributed by atoms with Gasteiger partial charge in [0.2, 0.25) is 0 Å². The molecular formula is C17H15F3N2O2. The molecular weight excluding hydrogens is 321 g/mol. The highest BCUT2D eigenvalue weighted by Crippen LogP contribution is 2.32. The Bertz CT molecular complexity index is 713. The quantitative estimate of drug-likeness (QED) is 0.845. The van der Waals surface area contributed by atoms with Crippen LogP contribution in [0.15, 0.2) is 54.6 Å². The van der Waals surface area contributed by atoms with Crippen molar-refractivity contribution < 1.29 is 22.8 Å². The first-order chi connectivity index (χ1) is 11.3. The Balaban J connectivity index is 2.10. The number of anilines is 1. The first-order valence-electron chi connectivity index (χ1n) is 7.07. The number of aryl methyl sites for hydroxylation is 1. The van der Waals surface area contributed by atoms with Gasteiger partial charge in [0.15, 0.2) is 6.04 Å². The number of carbonyl (C=O) groups is 2. The van der Waals surface area contributed by atoms with Gasteiger partial charge in [0.25, 0.3) is 0 Å². The third-order valence-corrected chi connectivity index (χ3v) is 3.25.